The maximum Gasteiger partial charge on any atom is 0.134 e. The van der Waals surface area contributed by atoms with E-state index in [4.69, 9.17) is 0 Å². The van der Waals surface area contributed by atoms with Crippen molar-refractivity contribution in [2.24, 2.45) is 7.05 Å². The highest BCUT2D eigenvalue weighted by Gasteiger charge is 2.25. The Balaban J connectivity index is 1.70. The number of hydrogen-bond donors (Lipinski definition) is 2. The summed E-state index contributed by atoms with van der Waals surface area (Å²) in [6.45, 7) is 3.90. The van der Waals surface area contributed by atoms with E-state index in [1.807, 2.05) is 24.0 Å². The second-order valence-corrected chi connectivity index (χ2v) is 5.92. The van der Waals surface area contributed by atoms with Crippen molar-refractivity contribution in [3.8, 4) is 0 Å². The van der Waals surface area contributed by atoms with Gasteiger partial charge in [-0.15, -0.1) is 0 Å². The quantitative estimate of drug-likeness (QED) is 0.837. The average molecular weight is 316 g/mol. The van der Waals surface area contributed by atoms with Crippen molar-refractivity contribution in [2.75, 3.05) is 23.4 Å². The molecule has 1 aliphatic rings. The van der Waals surface area contributed by atoms with Crippen LogP contribution >= 0.6 is 0 Å². The molecule has 124 valence electrons. The van der Waals surface area contributed by atoms with Crippen molar-refractivity contribution in [3.63, 3.8) is 0 Å². The maximum absolute atomic E-state index is 9.47. The molecule has 0 radical (unpaired) electrons. The van der Waals surface area contributed by atoms with Gasteiger partial charge in [-0.2, -0.15) is 5.10 Å². The van der Waals surface area contributed by atoms with E-state index in [9.17, 15) is 5.11 Å². The molecule has 3 rings (SSSR count). The van der Waals surface area contributed by atoms with Crippen molar-refractivity contribution in [2.45, 2.75) is 38.8 Å². The molecule has 2 aromatic rings. The predicted molar refractivity (Wildman–Crippen MR) is 89.4 cm³/mol. The van der Waals surface area contributed by atoms with Gasteiger partial charge in [0.2, 0.25) is 0 Å². The van der Waals surface area contributed by atoms with E-state index in [1.54, 1.807) is 6.33 Å². The summed E-state index contributed by atoms with van der Waals surface area (Å²) in [4.78, 5) is 10.8. The molecule has 7 heteroatoms. The minimum Gasteiger partial charge on any atom is -0.394 e. The second-order valence-electron chi connectivity index (χ2n) is 5.92. The fourth-order valence-electron chi connectivity index (χ4n) is 3.14. The van der Waals surface area contributed by atoms with E-state index in [1.165, 1.54) is 5.56 Å². The molecule has 1 saturated heterocycles. The summed E-state index contributed by atoms with van der Waals surface area (Å²) in [5.74, 6) is 1.67. The number of nitrogens with zero attached hydrogens (tertiary/aromatic N) is 5. The molecule has 0 aliphatic carbocycles. The monoisotopic (exact) mass is 316 g/mol. The summed E-state index contributed by atoms with van der Waals surface area (Å²) in [5.41, 5.74) is 2.29. The van der Waals surface area contributed by atoms with Crippen molar-refractivity contribution in [1.82, 2.24) is 19.7 Å². The van der Waals surface area contributed by atoms with E-state index in [0.29, 0.717) is 6.54 Å². The van der Waals surface area contributed by atoms with Crippen LogP contribution in [-0.4, -0.2) is 44.0 Å². The molecule has 0 aromatic carbocycles. The van der Waals surface area contributed by atoms with Gasteiger partial charge in [0.05, 0.1) is 18.3 Å². The van der Waals surface area contributed by atoms with E-state index < -0.39 is 0 Å². The van der Waals surface area contributed by atoms with Crippen LogP contribution in [0.1, 0.15) is 31.0 Å². The van der Waals surface area contributed by atoms with Crippen molar-refractivity contribution in [1.29, 1.82) is 0 Å². The average Bonchev–Trinajstić information content (AvgIpc) is 3.19. The fraction of sp³-hybridized carbons (Fsp3) is 0.562. The van der Waals surface area contributed by atoms with Crippen molar-refractivity contribution in [3.05, 3.63) is 29.8 Å². The number of anilines is 2. The molecular weight excluding hydrogens is 292 g/mol. The van der Waals surface area contributed by atoms with Crippen LogP contribution in [0.5, 0.6) is 0 Å². The first kappa shape index (κ1) is 15.7. The number of aliphatic hydroxyl groups is 1. The number of aryl methyl sites for hydroxylation is 2. The first-order chi connectivity index (χ1) is 11.2. The Morgan fingerprint density at radius 1 is 1.39 bits per heavy atom. The summed E-state index contributed by atoms with van der Waals surface area (Å²) in [5, 5.41) is 17.3. The Morgan fingerprint density at radius 2 is 2.26 bits per heavy atom. The minimum absolute atomic E-state index is 0.169. The van der Waals surface area contributed by atoms with Gasteiger partial charge < -0.3 is 15.3 Å². The molecule has 0 spiro atoms. The molecule has 1 unspecified atom stereocenters. The summed E-state index contributed by atoms with van der Waals surface area (Å²) < 4.78 is 1.84. The van der Waals surface area contributed by atoms with Crippen molar-refractivity contribution < 1.29 is 5.11 Å². The summed E-state index contributed by atoms with van der Waals surface area (Å²) >= 11 is 0. The zero-order chi connectivity index (χ0) is 16.2. The molecular formula is C16H24N6O. The molecule has 1 aliphatic heterocycles. The first-order valence-corrected chi connectivity index (χ1v) is 8.16. The number of aliphatic hydroxyl groups excluding tert-OH is 1. The topological polar surface area (TPSA) is 79.1 Å². The third-order valence-corrected chi connectivity index (χ3v) is 4.32. The standard InChI is InChI=1S/C16H24N6O/c1-3-14-12(9-21(2)20-14)8-17-15-7-16(19-11-18-15)22-6-4-5-13(22)10-23/h7,9,11,13,23H,3-6,8,10H2,1-2H3,(H,17,18,19). The van der Waals surface area contributed by atoms with Crippen LogP contribution in [0.2, 0.25) is 0 Å². The lowest BCUT2D eigenvalue weighted by molar-refractivity contribution is 0.266. The third kappa shape index (κ3) is 3.44. The zero-order valence-corrected chi connectivity index (χ0v) is 13.7. The largest absolute Gasteiger partial charge is 0.394 e. The Kier molecular flexibility index (Phi) is 4.76. The minimum atomic E-state index is 0.169. The number of nitrogens with one attached hydrogen (secondary N) is 1. The third-order valence-electron chi connectivity index (χ3n) is 4.32. The van der Waals surface area contributed by atoms with E-state index in [2.05, 4.69) is 32.2 Å². The Labute approximate surface area is 136 Å². The van der Waals surface area contributed by atoms with Crippen LogP contribution < -0.4 is 10.2 Å². The van der Waals surface area contributed by atoms with Crippen LogP contribution in [0.15, 0.2) is 18.6 Å². The summed E-state index contributed by atoms with van der Waals surface area (Å²) in [6.07, 6.45) is 6.63. The molecule has 3 heterocycles. The Bertz CT molecular complexity index is 656. The normalized spacial score (nSPS) is 17.7. The highest BCUT2D eigenvalue weighted by molar-refractivity contribution is 5.50. The van der Waals surface area contributed by atoms with Crippen LogP contribution in [-0.2, 0) is 20.0 Å². The zero-order valence-electron chi connectivity index (χ0n) is 13.7. The Morgan fingerprint density at radius 3 is 3.04 bits per heavy atom. The van der Waals surface area contributed by atoms with Gasteiger partial charge in [0.15, 0.2) is 0 Å². The molecule has 1 fully saturated rings. The number of hydrogen-bond acceptors (Lipinski definition) is 6. The van der Waals surface area contributed by atoms with Crippen molar-refractivity contribution >= 4 is 11.6 Å². The van der Waals surface area contributed by atoms with Gasteiger partial charge in [0.25, 0.3) is 0 Å². The Hall–Kier alpha value is -2.15. The smallest absolute Gasteiger partial charge is 0.134 e. The van der Waals surface area contributed by atoms with E-state index >= 15 is 0 Å². The first-order valence-electron chi connectivity index (χ1n) is 8.16. The molecule has 0 amide bonds. The van der Waals surface area contributed by atoms with Gasteiger partial charge in [-0.05, 0) is 19.3 Å². The lowest BCUT2D eigenvalue weighted by Gasteiger charge is -2.24. The van der Waals surface area contributed by atoms with Gasteiger partial charge in [-0.3, -0.25) is 4.68 Å². The SMILES string of the molecule is CCc1nn(C)cc1CNc1cc(N2CCCC2CO)ncn1. The summed E-state index contributed by atoms with van der Waals surface area (Å²) in [6, 6.07) is 2.12. The summed E-state index contributed by atoms with van der Waals surface area (Å²) in [7, 11) is 1.94. The lowest BCUT2D eigenvalue weighted by Crippen LogP contribution is -2.32. The van der Waals surface area contributed by atoms with Crippen LogP contribution in [0.4, 0.5) is 11.6 Å². The van der Waals surface area contributed by atoms with Gasteiger partial charge in [-0.25, -0.2) is 9.97 Å². The van der Waals surface area contributed by atoms with Gasteiger partial charge >= 0.3 is 0 Å². The van der Waals surface area contributed by atoms with Gasteiger partial charge in [0.1, 0.15) is 18.0 Å². The molecule has 1 atom stereocenters. The van der Waals surface area contributed by atoms with E-state index in [0.717, 1.165) is 43.1 Å². The fourth-order valence-corrected chi connectivity index (χ4v) is 3.14. The predicted octanol–water partition coefficient (Wildman–Crippen LogP) is 1.35. The van der Waals surface area contributed by atoms with Gasteiger partial charge in [-0.1, -0.05) is 6.92 Å². The van der Waals surface area contributed by atoms with Crippen LogP contribution in [0, 0.1) is 0 Å². The highest BCUT2D eigenvalue weighted by atomic mass is 16.3. The molecule has 7 nitrogen and oxygen atoms in total. The van der Waals surface area contributed by atoms with E-state index in [-0.39, 0.29) is 12.6 Å². The number of aromatic nitrogens is 4. The number of rotatable bonds is 6. The molecule has 0 bridgehead atoms. The van der Waals surface area contributed by atoms with Gasteiger partial charge in [0, 0.05) is 38.0 Å². The lowest BCUT2D eigenvalue weighted by atomic mass is 10.2. The molecule has 23 heavy (non-hydrogen) atoms. The van der Waals surface area contributed by atoms with Crippen LogP contribution in [0.3, 0.4) is 0 Å². The maximum atomic E-state index is 9.47. The highest BCUT2D eigenvalue weighted by Crippen LogP contribution is 2.24. The van der Waals surface area contributed by atoms with Crippen LogP contribution in [0.25, 0.3) is 0 Å². The second kappa shape index (κ2) is 6.95. The molecule has 0 saturated carbocycles. The molecule has 2 aromatic heterocycles. The molecule has 2 N–H and O–H groups in total.